The van der Waals surface area contributed by atoms with Gasteiger partial charge in [0.2, 0.25) is 12.1 Å². The number of rotatable bonds is 23. The lowest BCUT2D eigenvalue weighted by Gasteiger charge is -2.17. The third kappa shape index (κ3) is 14.6. The minimum atomic E-state index is -1.66. The van der Waals surface area contributed by atoms with E-state index in [4.69, 9.17) is 67.5 Å². The molecule has 0 saturated heterocycles. The van der Waals surface area contributed by atoms with Crippen LogP contribution in [0.4, 0.5) is 34.1 Å². The van der Waals surface area contributed by atoms with Crippen LogP contribution in [0, 0.1) is 0 Å². The van der Waals surface area contributed by atoms with Gasteiger partial charge in [0.15, 0.2) is 11.6 Å². The summed E-state index contributed by atoms with van der Waals surface area (Å²) < 4.78 is 11.6. The Kier molecular flexibility index (Phi) is 20.9. The van der Waals surface area contributed by atoms with E-state index in [1.165, 1.54) is 54.6 Å². The monoisotopic (exact) mass is 1060 g/mol. The van der Waals surface area contributed by atoms with E-state index >= 15 is 0 Å². The number of halogens is 5. The lowest BCUT2D eigenvalue weighted by atomic mass is 10.1. The Labute approximate surface area is 435 Å². The Balaban J connectivity index is 1.29. The topological polar surface area (TPSA) is 218 Å². The van der Waals surface area contributed by atoms with Crippen molar-refractivity contribution < 1.29 is 38.2 Å². The molecule has 0 radical (unpaired) electrons. The van der Waals surface area contributed by atoms with Crippen LogP contribution in [-0.4, -0.2) is 72.3 Å². The van der Waals surface area contributed by atoms with Gasteiger partial charge in [0, 0.05) is 23.1 Å². The molecule has 16 nitrogen and oxygen atoms in total. The first kappa shape index (κ1) is 55.5. The van der Waals surface area contributed by atoms with E-state index in [-0.39, 0.29) is 43.9 Å². The van der Waals surface area contributed by atoms with Crippen LogP contribution in [0.15, 0.2) is 111 Å². The average molecular weight is 1070 g/mol. The molecule has 5 aromatic rings. The Morgan fingerprint density at radius 1 is 0.577 bits per heavy atom. The van der Waals surface area contributed by atoms with Crippen molar-refractivity contribution >= 4 is 127 Å². The highest BCUT2D eigenvalue weighted by molar-refractivity contribution is 6.37. The lowest BCUT2D eigenvalue weighted by molar-refractivity contribution is -0.127. The van der Waals surface area contributed by atoms with Gasteiger partial charge in [0.1, 0.15) is 22.9 Å². The minimum absolute atomic E-state index is 0.00909. The highest BCUT2D eigenvalue weighted by Gasteiger charge is 2.28. The van der Waals surface area contributed by atoms with Crippen LogP contribution in [-0.2, 0) is 32.0 Å². The number of hydrogen-bond acceptors (Lipinski definition) is 12. The number of alkyl halides is 3. The molecule has 0 aliphatic carbocycles. The van der Waals surface area contributed by atoms with Crippen LogP contribution in [0.2, 0.25) is 10.0 Å². The maximum atomic E-state index is 13.6. The van der Waals surface area contributed by atoms with Crippen molar-refractivity contribution in [2.75, 3.05) is 46.2 Å². The molecule has 372 valence electrons. The number of carbonyl (C=O) groups excluding carboxylic acids is 6. The number of ketones is 2. The Morgan fingerprint density at radius 3 is 1.42 bits per heavy atom. The van der Waals surface area contributed by atoms with Crippen LogP contribution in [0.3, 0.4) is 0 Å². The van der Waals surface area contributed by atoms with E-state index in [0.717, 1.165) is 25.0 Å². The molecule has 0 spiro atoms. The number of nitrogens with zero attached hydrogens (tertiary/aromatic N) is 4. The summed E-state index contributed by atoms with van der Waals surface area (Å²) in [5, 5.41) is 26.1. The molecule has 3 atom stereocenters. The normalized spacial score (nSPS) is 12.5. The van der Waals surface area contributed by atoms with Crippen LogP contribution >= 0.6 is 58.0 Å². The predicted octanol–water partition coefficient (Wildman–Crippen LogP) is 12.5. The van der Waals surface area contributed by atoms with E-state index in [1.807, 2.05) is 26.0 Å². The van der Waals surface area contributed by atoms with Gasteiger partial charge in [-0.3, -0.25) is 28.8 Å². The first-order valence-corrected chi connectivity index (χ1v) is 24.3. The van der Waals surface area contributed by atoms with Crippen molar-refractivity contribution in [1.29, 1.82) is 0 Å². The Bertz CT molecular complexity index is 2860. The number of carbonyl (C=O) groups is 6. The summed E-state index contributed by atoms with van der Waals surface area (Å²) in [4.78, 5) is 79.6. The zero-order chi connectivity index (χ0) is 51.8. The number of anilines is 4. The van der Waals surface area contributed by atoms with E-state index in [9.17, 15) is 28.8 Å². The van der Waals surface area contributed by atoms with Crippen LogP contribution in [0.1, 0.15) is 77.4 Å². The third-order valence-corrected chi connectivity index (χ3v) is 11.7. The Morgan fingerprint density at radius 2 is 1.01 bits per heavy atom. The maximum absolute atomic E-state index is 13.6. The molecule has 5 rings (SSSR count). The molecule has 4 N–H and O–H groups in total. The van der Waals surface area contributed by atoms with Gasteiger partial charge in [-0.05, 0) is 119 Å². The Hall–Kier alpha value is -6.43. The average Bonchev–Trinajstić information content (AvgIpc) is 3.32. The number of Topliss-reactive ketones (excluding diaryl/α,β-unsaturated/α-hetero) is 2. The third-order valence-electron chi connectivity index (χ3n) is 10.3. The zero-order valence-electron chi connectivity index (χ0n) is 39.1. The van der Waals surface area contributed by atoms with Crippen LogP contribution in [0.5, 0.6) is 11.5 Å². The van der Waals surface area contributed by atoms with Crippen molar-refractivity contribution in [3.63, 3.8) is 0 Å². The molecule has 4 amide bonds. The molecule has 3 unspecified atom stereocenters. The summed E-state index contributed by atoms with van der Waals surface area (Å²) in [5.41, 5.74) is 3.21. The van der Waals surface area contributed by atoms with Gasteiger partial charge in [0.05, 0.1) is 51.1 Å². The lowest BCUT2D eigenvalue weighted by Crippen LogP contribution is -2.32. The first-order chi connectivity index (χ1) is 34.0. The maximum Gasteiger partial charge on any atom is 0.258 e. The van der Waals surface area contributed by atoms with Gasteiger partial charge in [-0.1, -0.05) is 59.6 Å². The molecule has 21 heteroatoms. The molecule has 0 aromatic heterocycles. The van der Waals surface area contributed by atoms with E-state index in [1.54, 1.807) is 31.2 Å². The second kappa shape index (κ2) is 26.7. The van der Waals surface area contributed by atoms with Gasteiger partial charge in [0.25, 0.3) is 23.6 Å². The number of ether oxygens (including phenoxy) is 2. The molecular formula is C50H49Cl5N8O8. The molecular weight excluding hydrogens is 1020 g/mol. The van der Waals surface area contributed by atoms with Gasteiger partial charge in [-0.25, -0.2) is 0 Å². The van der Waals surface area contributed by atoms with E-state index < -0.39 is 52.7 Å². The van der Waals surface area contributed by atoms with Crippen molar-refractivity contribution in [1.82, 2.24) is 0 Å². The molecule has 0 aliphatic rings. The van der Waals surface area contributed by atoms with E-state index in [0.29, 0.717) is 66.3 Å². The standard InChI is InChI=1S/C50H49Cl5N8O8/c1-6-70-45-30(22-24-51)12-8-18-39(45)58-47(66)33-14-10-16-37(41(33)54)60-62-43(28(4)64)49(68)56-32-20-21-36(35(26-32)27(3)53)57-50(69)44(29(5)65)63-61-38-17-11-15-34(42(38)55)48(67)59-40-19-9-13-31(23-25-52)46(40)71-7-2/h8-21,26-27,43-44H,6-7,22-25H2,1-5H3,(H,56,68)(H,57,69)(H,58,66)(H,59,67). The van der Waals surface area contributed by atoms with Crippen molar-refractivity contribution in [2.24, 2.45) is 20.5 Å². The fraction of sp³-hybridized carbons (Fsp3) is 0.280. The molecule has 5 aromatic carbocycles. The molecule has 0 saturated carbocycles. The molecule has 0 heterocycles. The fourth-order valence-electron chi connectivity index (χ4n) is 6.89. The van der Waals surface area contributed by atoms with Crippen LogP contribution in [0.25, 0.3) is 0 Å². The fourth-order valence-corrected chi connectivity index (χ4v) is 7.98. The van der Waals surface area contributed by atoms with E-state index in [2.05, 4.69) is 41.7 Å². The first-order valence-electron chi connectivity index (χ1n) is 22.1. The largest absolute Gasteiger partial charge is 0.491 e. The van der Waals surface area contributed by atoms with Crippen molar-refractivity contribution in [3.8, 4) is 11.5 Å². The van der Waals surface area contributed by atoms with Crippen molar-refractivity contribution in [2.45, 2.75) is 64.9 Å². The molecule has 0 fully saturated rings. The van der Waals surface area contributed by atoms with Gasteiger partial charge >= 0.3 is 0 Å². The minimum Gasteiger partial charge on any atom is -0.491 e. The smallest absolute Gasteiger partial charge is 0.258 e. The second-order valence-electron chi connectivity index (χ2n) is 15.4. The summed E-state index contributed by atoms with van der Waals surface area (Å²) in [6.45, 7) is 8.26. The number of amides is 4. The number of aryl methyl sites for hydroxylation is 2. The summed E-state index contributed by atoms with van der Waals surface area (Å²) in [5.74, 6) is -2.55. The number of nitrogens with one attached hydrogen (secondary N) is 4. The van der Waals surface area contributed by atoms with Crippen LogP contribution < -0.4 is 30.7 Å². The van der Waals surface area contributed by atoms with Gasteiger partial charge < -0.3 is 30.7 Å². The SMILES string of the molecule is CCOc1c(CCCl)cccc1NC(=O)c1cccc(N=NC(C(C)=O)C(=O)Nc2ccc(NC(=O)C(N=Nc3cccc(C(=O)Nc4cccc(CCCl)c4OCC)c3Cl)C(C)=O)c(C(C)Cl)c2)c1Cl. The molecule has 71 heavy (non-hydrogen) atoms. The summed E-state index contributed by atoms with van der Waals surface area (Å²) in [6, 6.07) is 20.5. The number of hydrogen-bond donors (Lipinski definition) is 4. The quantitative estimate of drug-likeness (QED) is 0.0279. The summed E-state index contributed by atoms with van der Waals surface area (Å²) in [7, 11) is 0. The molecule has 0 bridgehead atoms. The van der Waals surface area contributed by atoms with Crippen molar-refractivity contribution in [3.05, 3.63) is 129 Å². The van der Waals surface area contributed by atoms with Gasteiger partial charge in [-0.15, -0.1) is 34.8 Å². The number of benzene rings is 5. The summed E-state index contributed by atoms with van der Waals surface area (Å²) in [6.07, 6.45) is 1.03. The second-order valence-corrected chi connectivity index (χ2v) is 17.5. The highest BCUT2D eigenvalue weighted by atomic mass is 35.5. The zero-order valence-corrected chi connectivity index (χ0v) is 42.9. The number of azo groups is 2. The highest BCUT2D eigenvalue weighted by Crippen LogP contribution is 2.36. The van der Waals surface area contributed by atoms with Gasteiger partial charge in [-0.2, -0.15) is 20.5 Å². The summed E-state index contributed by atoms with van der Waals surface area (Å²) >= 11 is 31.7. The molecule has 0 aliphatic heterocycles. The number of para-hydroxylation sites is 2. The predicted molar refractivity (Wildman–Crippen MR) is 279 cm³/mol.